The smallest absolute Gasteiger partial charge is 0.422 e. The molecular weight excluding hydrogens is 447 g/mol. The molecule has 32 heavy (non-hydrogen) atoms. The Morgan fingerprint density at radius 2 is 2.00 bits per heavy atom. The van der Waals surface area contributed by atoms with Crippen molar-refractivity contribution in [2.45, 2.75) is 51.7 Å². The van der Waals surface area contributed by atoms with Crippen molar-refractivity contribution < 1.29 is 27.5 Å². The van der Waals surface area contributed by atoms with Gasteiger partial charge in [0.1, 0.15) is 10.8 Å². The van der Waals surface area contributed by atoms with Gasteiger partial charge in [0.25, 0.3) is 5.91 Å². The van der Waals surface area contributed by atoms with E-state index in [2.05, 4.69) is 20.0 Å². The van der Waals surface area contributed by atoms with Gasteiger partial charge in [-0.3, -0.25) is 14.6 Å². The van der Waals surface area contributed by atoms with Crippen LogP contribution in [0.2, 0.25) is 5.02 Å². The molecule has 1 atom stereocenters. The van der Waals surface area contributed by atoms with Crippen LogP contribution in [0.15, 0.2) is 24.4 Å². The summed E-state index contributed by atoms with van der Waals surface area (Å²) < 4.78 is 41.5. The van der Waals surface area contributed by atoms with E-state index in [1.807, 2.05) is 0 Å². The van der Waals surface area contributed by atoms with Crippen LogP contribution in [-0.2, 0) is 11.2 Å². The molecule has 0 aromatic carbocycles. The number of nitrogens with zero attached hydrogens (tertiary/aromatic N) is 2. The number of hydrogen-bond donors (Lipinski definition) is 1. The molecule has 1 N–H and O–H groups in total. The first-order valence-corrected chi connectivity index (χ1v) is 10.5. The van der Waals surface area contributed by atoms with E-state index < -0.39 is 18.8 Å². The number of aryl methyl sites for hydroxylation is 1. The number of Topliss-reactive ketones (excluding diaryl/α,β-unsaturated/α-hetero) is 1. The molecule has 1 saturated carbocycles. The maximum atomic E-state index is 12.7. The van der Waals surface area contributed by atoms with E-state index in [0.29, 0.717) is 34.9 Å². The Kier molecular flexibility index (Phi) is 7.38. The minimum Gasteiger partial charge on any atom is -0.467 e. The van der Waals surface area contributed by atoms with Crippen LogP contribution in [0, 0.1) is 12.8 Å². The molecule has 0 bridgehead atoms. The Hall–Kier alpha value is -2.68. The van der Waals surface area contributed by atoms with Gasteiger partial charge in [-0.15, -0.1) is 0 Å². The number of alkyl halides is 3. The summed E-state index contributed by atoms with van der Waals surface area (Å²) in [5.74, 6) is -0.121. The Balaban J connectivity index is 1.64. The average Bonchev–Trinajstić information content (AvgIpc) is 3.49. The summed E-state index contributed by atoms with van der Waals surface area (Å²) in [5.41, 5.74) is 2.02. The lowest BCUT2D eigenvalue weighted by atomic mass is 10.1. The van der Waals surface area contributed by atoms with Crippen molar-refractivity contribution in [3.8, 4) is 5.88 Å². The minimum absolute atomic E-state index is 0.0935. The summed E-state index contributed by atoms with van der Waals surface area (Å²) in [6.45, 7) is 1.94. The third kappa shape index (κ3) is 7.19. The number of pyridine rings is 2. The first-order valence-electron chi connectivity index (χ1n) is 10.2. The average molecular weight is 470 g/mol. The fourth-order valence-electron chi connectivity index (χ4n) is 3.17. The molecule has 3 rings (SSSR count). The van der Waals surface area contributed by atoms with Crippen LogP contribution in [-0.4, -0.2) is 34.4 Å². The topological polar surface area (TPSA) is 81.2 Å². The van der Waals surface area contributed by atoms with E-state index in [1.54, 1.807) is 26.0 Å². The molecule has 0 saturated heterocycles. The number of nitrogens with one attached hydrogen (secondary N) is 1. The zero-order valence-electron chi connectivity index (χ0n) is 17.6. The first-order chi connectivity index (χ1) is 15.0. The summed E-state index contributed by atoms with van der Waals surface area (Å²) in [5, 5.41) is 2.70. The number of carbonyl (C=O) groups is 2. The second-order valence-corrected chi connectivity index (χ2v) is 8.41. The quantitative estimate of drug-likeness (QED) is 0.571. The van der Waals surface area contributed by atoms with Crippen molar-refractivity contribution in [2.75, 3.05) is 6.61 Å². The highest BCUT2D eigenvalue weighted by molar-refractivity contribution is 6.31. The molecule has 10 heteroatoms. The fourth-order valence-corrected chi connectivity index (χ4v) is 3.40. The number of aromatic nitrogens is 2. The highest BCUT2D eigenvalue weighted by atomic mass is 35.5. The molecule has 1 unspecified atom stereocenters. The Labute approximate surface area is 188 Å². The van der Waals surface area contributed by atoms with Crippen molar-refractivity contribution >= 4 is 23.3 Å². The van der Waals surface area contributed by atoms with Gasteiger partial charge >= 0.3 is 6.18 Å². The SMILES string of the molecule is Cc1cc(C(=O)NC(C)c2cnc(OCC(F)(F)F)c(Cl)c2)cc(CC(=O)CC2CC2)n1. The van der Waals surface area contributed by atoms with Crippen molar-refractivity contribution in [3.05, 3.63) is 51.9 Å². The lowest BCUT2D eigenvalue weighted by Gasteiger charge is -2.16. The Bertz CT molecular complexity index is 1010. The largest absolute Gasteiger partial charge is 0.467 e. The second kappa shape index (κ2) is 9.85. The monoisotopic (exact) mass is 469 g/mol. The molecule has 172 valence electrons. The Morgan fingerprint density at radius 1 is 1.28 bits per heavy atom. The van der Waals surface area contributed by atoms with Crippen LogP contribution >= 0.6 is 11.6 Å². The number of halogens is 4. The minimum atomic E-state index is -4.50. The van der Waals surface area contributed by atoms with Crippen LogP contribution in [0.5, 0.6) is 5.88 Å². The van der Waals surface area contributed by atoms with Gasteiger partial charge in [0, 0.05) is 36.0 Å². The Morgan fingerprint density at radius 3 is 2.62 bits per heavy atom. The fraction of sp³-hybridized carbons (Fsp3) is 0.455. The van der Waals surface area contributed by atoms with Gasteiger partial charge in [-0.05, 0) is 56.4 Å². The molecule has 0 radical (unpaired) electrons. The number of ether oxygens (including phenoxy) is 1. The molecule has 0 aliphatic heterocycles. The van der Waals surface area contributed by atoms with Gasteiger partial charge in [-0.2, -0.15) is 13.2 Å². The maximum absolute atomic E-state index is 12.7. The lowest BCUT2D eigenvalue weighted by molar-refractivity contribution is -0.154. The van der Waals surface area contributed by atoms with Crippen molar-refractivity contribution in [1.29, 1.82) is 0 Å². The van der Waals surface area contributed by atoms with Crippen molar-refractivity contribution in [2.24, 2.45) is 5.92 Å². The van der Waals surface area contributed by atoms with Gasteiger partial charge < -0.3 is 10.1 Å². The van der Waals surface area contributed by atoms with Crippen LogP contribution in [0.3, 0.4) is 0 Å². The molecule has 1 amide bonds. The van der Waals surface area contributed by atoms with E-state index in [0.717, 1.165) is 12.8 Å². The highest BCUT2D eigenvalue weighted by Crippen LogP contribution is 2.33. The third-order valence-electron chi connectivity index (χ3n) is 4.91. The maximum Gasteiger partial charge on any atom is 0.422 e. The number of amides is 1. The van der Waals surface area contributed by atoms with Gasteiger partial charge in [-0.1, -0.05) is 11.6 Å². The normalized spacial score (nSPS) is 14.7. The molecule has 2 heterocycles. The summed E-state index contributed by atoms with van der Waals surface area (Å²) in [7, 11) is 0. The number of carbonyl (C=O) groups excluding carboxylic acids is 2. The third-order valence-corrected chi connectivity index (χ3v) is 5.18. The molecule has 0 spiro atoms. The first kappa shape index (κ1) is 24.0. The van der Waals surface area contributed by atoms with Gasteiger partial charge in [0.2, 0.25) is 5.88 Å². The highest BCUT2D eigenvalue weighted by Gasteiger charge is 2.29. The van der Waals surface area contributed by atoms with Crippen LogP contribution < -0.4 is 10.1 Å². The molecule has 1 aliphatic carbocycles. The zero-order valence-corrected chi connectivity index (χ0v) is 18.4. The van der Waals surface area contributed by atoms with Crippen LogP contribution in [0.4, 0.5) is 13.2 Å². The van der Waals surface area contributed by atoms with Crippen LogP contribution in [0.1, 0.15) is 59.5 Å². The number of ketones is 1. The van der Waals surface area contributed by atoms with E-state index in [4.69, 9.17) is 11.6 Å². The van der Waals surface area contributed by atoms with Crippen molar-refractivity contribution in [3.63, 3.8) is 0 Å². The molecule has 2 aromatic rings. The number of rotatable bonds is 9. The van der Waals surface area contributed by atoms with Gasteiger partial charge in [0.05, 0.1) is 6.04 Å². The van der Waals surface area contributed by atoms with E-state index in [9.17, 15) is 22.8 Å². The van der Waals surface area contributed by atoms with E-state index in [-0.39, 0.29) is 29.0 Å². The van der Waals surface area contributed by atoms with Gasteiger partial charge in [-0.25, -0.2) is 4.98 Å². The zero-order chi connectivity index (χ0) is 23.5. The molecule has 6 nitrogen and oxygen atoms in total. The summed E-state index contributed by atoms with van der Waals surface area (Å²) in [6.07, 6.45) is -0.297. The van der Waals surface area contributed by atoms with E-state index >= 15 is 0 Å². The lowest BCUT2D eigenvalue weighted by Crippen LogP contribution is -2.27. The molecule has 1 fully saturated rings. The summed E-state index contributed by atoms with van der Waals surface area (Å²) in [4.78, 5) is 33.1. The van der Waals surface area contributed by atoms with Crippen molar-refractivity contribution in [1.82, 2.24) is 15.3 Å². The summed E-state index contributed by atoms with van der Waals surface area (Å²) in [6, 6.07) is 4.08. The van der Waals surface area contributed by atoms with E-state index in [1.165, 1.54) is 12.3 Å². The van der Waals surface area contributed by atoms with Crippen LogP contribution in [0.25, 0.3) is 0 Å². The van der Waals surface area contributed by atoms with Gasteiger partial charge in [0.15, 0.2) is 6.61 Å². The molecule has 2 aromatic heterocycles. The molecular formula is C22H23ClF3N3O3. The number of hydrogen-bond acceptors (Lipinski definition) is 5. The summed E-state index contributed by atoms with van der Waals surface area (Å²) >= 11 is 5.98. The predicted molar refractivity (Wildman–Crippen MR) is 112 cm³/mol. The second-order valence-electron chi connectivity index (χ2n) is 8.01. The molecule has 1 aliphatic rings. The predicted octanol–water partition coefficient (Wildman–Crippen LogP) is 4.78. The standard InChI is InChI=1S/C22H23ClF3N3O3/c1-12-5-15(7-17(28-12)9-18(30)6-14-3-4-14)20(31)29-13(2)16-8-19(23)21(27-10-16)32-11-22(24,25)26/h5,7-8,10,13-14H,3-4,6,9,11H2,1-2H3,(H,29,31).